The summed E-state index contributed by atoms with van der Waals surface area (Å²) in [5, 5.41) is 6.23. The predicted octanol–water partition coefficient (Wildman–Crippen LogP) is 0.503. The molecule has 1 aliphatic heterocycles. The number of nitrogens with zero attached hydrogens (tertiary/aromatic N) is 1. The van der Waals surface area contributed by atoms with E-state index in [2.05, 4.69) is 10.6 Å². The Morgan fingerprint density at radius 2 is 2.00 bits per heavy atom. The second-order valence-electron chi connectivity index (χ2n) is 4.68. The van der Waals surface area contributed by atoms with Crippen molar-refractivity contribution in [3.8, 4) is 0 Å². The number of rotatable bonds is 6. The van der Waals surface area contributed by atoms with Gasteiger partial charge in [-0.1, -0.05) is 0 Å². The second-order valence-corrected chi connectivity index (χ2v) is 4.68. The van der Waals surface area contributed by atoms with Gasteiger partial charge in [-0.3, -0.25) is 9.59 Å². The molecular weight excluding hydrogens is 230 g/mol. The smallest absolute Gasteiger partial charge is 0.223 e. The van der Waals surface area contributed by atoms with Gasteiger partial charge in [0, 0.05) is 38.5 Å². The number of piperidine rings is 1. The van der Waals surface area contributed by atoms with E-state index in [1.807, 2.05) is 13.8 Å². The SMILES string of the molecule is CCN(CC)C(=O)CCC(=O)NC1CCCNC1. The third-order valence-electron chi connectivity index (χ3n) is 3.34. The third-order valence-corrected chi connectivity index (χ3v) is 3.34. The van der Waals surface area contributed by atoms with Crippen molar-refractivity contribution in [1.82, 2.24) is 15.5 Å². The van der Waals surface area contributed by atoms with E-state index in [4.69, 9.17) is 0 Å². The molecule has 1 fully saturated rings. The standard InChI is InChI=1S/C13H25N3O2/c1-3-16(4-2)13(18)8-7-12(17)15-11-6-5-9-14-10-11/h11,14H,3-10H2,1-2H3,(H,15,17). The van der Waals surface area contributed by atoms with Crippen molar-refractivity contribution in [3.63, 3.8) is 0 Å². The van der Waals surface area contributed by atoms with E-state index in [0.717, 1.165) is 25.9 Å². The Bertz CT molecular complexity index is 271. The first-order valence-corrected chi connectivity index (χ1v) is 6.95. The minimum Gasteiger partial charge on any atom is -0.352 e. The van der Waals surface area contributed by atoms with Gasteiger partial charge in [-0.25, -0.2) is 0 Å². The lowest BCUT2D eigenvalue weighted by Crippen LogP contribution is -2.45. The molecule has 104 valence electrons. The Labute approximate surface area is 109 Å². The summed E-state index contributed by atoms with van der Waals surface area (Å²) in [5.41, 5.74) is 0. The van der Waals surface area contributed by atoms with E-state index in [1.165, 1.54) is 0 Å². The van der Waals surface area contributed by atoms with Crippen LogP contribution in [0.4, 0.5) is 0 Å². The van der Waals surface area contributed by atoms with Gasteiger partial charge in [0.2, 0.25) is 11.8 Å². The van der Waals surface area contributed by atoms with Crippen LogP contribution in [0.5, 0.6) is 0 Å². The first kappa shape index (κ1) is 15.0. The maximum absolute atomic E-state index is 11.7. The van der Waals surface area contributed by atoms with E-state index in [0.29, 0.717) is 25.9 Å². The highest BCUT2D eigenvalue weighted by molar-refractivity contribution is 5.83. The van der Waals surface area contributed by atoms with Crippen LogP contribution >= 0.6 is 0 Å². The fourth-order valence-corrected chi connectivity index (χ4v) is 2.23. The highest BCUT2D eigenvalue weighted by Gasteiger charge is 2.16. The Morgan fingerprint density at radius 3 is 2.56 bits per heavy atom. The zero-order chi connectivity index (χ0) is 13.4. The Balaban J connectivity index is 2.21. The van der Waals surface area contributed by atoms with Gasteiger partial charge in [-0.2, -0.15) is 0 Å². The molecule has 5 heteroatoms. The average Bonchev–Trinajstić information content (AvgIpc) is 2.39. The summed E-state index contributed by atoms with van der Waals surface area (Å²) in [4.78, 5) is 25.2. The molecule has 0 bridgehead atoms. The van der Waals surface area contributed by atoms with Gasteiger partial charge < -0.3 is 15.5 Å². The van der Waals surface area contributed by atoms with E-state index in [-0.39, 0.29) is 17.9 Å². The second kappa shape index (κ2) is 8.08. The first-order valence-electron chi connectivity index (χ1n) is 6.95. The molecule has 1 atom stereocenters. The van der Waals surface area contributed by atoms with Crippen molar-refractivity contribution in [2.45, 2.75) is 45.6 Å². The normalized spacial score (nSPS) is 19.3. The van der Waals surface area contributed by atoms with Crippen LogP contribution < -0.4 is 10.6 Å². The molecule has 1 aliphatic rings. The van der Waals surface area contributed by atoms with E-state index in [1.54, 1.807) is 4.90 Å². The molecule has 5 nitrogen and oxygen atoms in total. The molecule has 2 amide bonds. The highest BCUT2D eigenvalue weighted by atomic mass is 16.2. The monoisotopic (exact) mass is 255 g/mol. The lowest BCUT2D eigenvalue weighted by Gasteiger charge is -2.24. The molecule has 1 unspecified atom stereocenters. The maximum atomic E-state index is 11.7. The van der Waals surface area contributed by atoms with Crippen molar-refractivity contribution >= 4 is 11.8 Å². The van der Waals surface area contributed by atoms with Gasteiger partial charge in [0.15, 0.2) is 0 Å². The van der Waals surface area contributed by atoms with Crippen LogP contribution in [0.15, 0.2) is 0 Å². The Morgan fingerprint density at radius 1 is 1.28 bits per heavy atom. The summed E-state index contributed by atoms with van der Waals surface area (Å²) in [7, 11) is 0. The molecule has 0 aliphatic carbocycles. The van der Waals surface area contributed by atoms with Crippen molar-refractivity contribution in [3.05, 3.63) is 0 Å². The van der Waals surface area contributed by atoms with Gasteiger partial charge in [-0.05, 0) is 33.2 Å². The number of hydrogen-bond donors (Lipinski definition) is 2. The molecule has 2 N–H and O–H groups in total. The third kappa shape index (κ3) is 5.04. The number of carbonyl (C=O) groups excluding carboxylic acids is 2. The quantitative estimate of drug-likeness (QED) is 0.726. The predicted molar refractivity (Wildman–Crippen MR) is 71.2 cm³/mol. The minimum atomic E-state index is -0.00999. The Hall–Kier alpha value is -1.10. The summed E-state index contributed by atoms with van der Waals surface area (Å²) >= 11 is 0. The summed E-state index contributed by atoms with van der Waals surface area (Å²) in [6.07, 6.45) is 2.74. The molecule has 1 saturated heterocycles. The summed E-state index contributed by atoms with van der Waals surface area (Å²) < 4.78 is 0. The molecular formula is C13H25N3O2. The van der Waals surface area contributed by atoms with Crippen LogP contribution in [0.2, 0.25) is 0 Å². The highest BCUT2D eigenvalue weighted by Crippen LogP contribution is 2.03. The Kier molecular flexibility index (Phi) is 6.72. The van der Waals surface area contributed by atoms with Gasteiger partial charge in [0.05, 0.1) is 0 Å². The van der Waals surface area contributed by atoms with Crippen molar-refractivity contribution < 1.29 is 9.59 Å². The van der Waals surface area contributed by atoms with Crippen LogP contribution in [0, 0.1) is 0 Å². The molecule has 0 aromatic rings. The molecule has 1 rings (SSSR count). The number of nitrogens with one attached hydrogen (secondary N) is 2. The van der Waals surface area contributed by atoms with E-state index >= 15 is 0 Å². The molecule has 0 spiro atoms. The molecule has 1 heterocycles. The van der Waals surface area contributed by atoms with Crippen molar-refractivity contribution in [1.29, 1.82) is 0 Å². The van der Waals surface area contributed by atoms with Crippen LogP contribution in [0.25, 0.3) is 0 Å². The lowest BCUT2D eigenvalue weighted by atomic mass is 10.1. The minimum absolute atomic E-state index is 0.00999. The van der Waals surface area contributed by atoms with Gasteiger partial charge in [-0.15, -0.1) is 0 Å². The van der Waals surface area contributed by atoms with Crippen LogP contribution in [0.3, 0.4) is 0 Å². The summed E-state index contributed by atoms with van der Waals surface area (Å²) in [5.74, 6) is 0.0566. The van der Waals surface area contributed by atoms with Crippen molar-refractivity contribution in [2.75, 3.05) is 26.2 Å². The fourth-order valence-electron chi connectivity index (χ4n) is 2.23. The number of carbonyl (C=O) groups is 2. The number of hydrogen-bond acceptors (Lipinski definition) is 3. The first-order chi connectivity index (χ1) is 8.67. The van der Waals surface area contributed by atoms with Crippen LogP contribution in [0.1, 0.15) is 39.5 Å². The van der Waals surface area contributed by atoms with Crippen molar-refractivity contribution in [2.24, 2.45) is 0 Å². The lowest BCUT2D eigenvalue weighted by molar-refractivity contribution is -0.133. The molecule has 0 radical (unpaired) electrons. The van der Waals surface area contributed by atoms with Crippen LogP contribution in [-0.4, -0.2) is 48.9 Å². The van der Waals surface area contributed by atoms with Crippen LogP contribution in [-0.2, 0) is 9.59 Å². The summed E-state index contributed by atoms with van der Waals surface area (Å²) in [6, 6.07) is 0.231. The molecule has 0 aromatic heterocycles. The van der Waals surface area contributed by atoms with Gasteiger partial charge >= 0.3 is 0 Å². The maximum Gasteiger partial charge on any atom is 0.223 e. The zero-order valence-electron chi connectivity index (χ0n) is 11.5. The topological polar surface area (TPSA) is 61.4 Å². The molecule has 18 heavy (non-hydrogen) atoms. The summed E-state index contributed by atoms with van der Waals surface area (Å²) in [6.45, 7) is 7.21. The zero-order valence-corrected chi connectivity index (χ0v) is 11.5. The molecule has 0 aromatic carbocycles. The fraction of sp³-hybridized carbons (Fsp3) is 0.846. The number of amides is 2. The van der Waals surface area contributed by atoms with E-state index < -0.39 is 0 Å². The molecule has 0 saturated carbocycles. The van der Waals surface area contributed by atoms with E-state index in [9.17, 15) is 9.59 Å². The van der Waals surface area contributed by atoms with Gasteiger partial charge in [0.25, 0.3) is 0 Å². The largest absolute Gasteiger partial charge is 0.352 e. The van der Waals surface area contributed by atoms with Gasteiger partial charge in [0.1, 0.15) is 0 Å². The average molecular weight is 255 g/mol.